The molecule has 1 aliphatic rings. The zero-order valence-electron chi connectivity index (χ0n) is 14.3. The van der Waals surface area contributed by atoms with Crippen LogP contribution in [0.3, 0.4) is 0 Å². The number of nitrogens with zero attached hydrogens (tertiary/aromatic N) is 3. The van der Waals surface area contributed by atoms with Gasteiger partial charge in [0.05, 0.1) is 23.9 Å². The van der Waals surface area contributed by atoms with Gasteiger partial charge in [-0.2, -0.15) is 8.75 Å². The Kier molecular flexibility index (Phi) is 4.47. The molecule has 0 bridgehead atoms. The van der Waals surface area contributed by atoms with Crippen LogP contribution in [-0.2, 0) is 14.4 Å². The van der Waals surface area contributed by atoms with E-state index in [2.05, 4.69) is 19.2 Å². The first kappa shape index (κ1) is 18.0. The highest BCUT2D eigenvalue weighted by molar-refractivity contribution is 7.00. The fraction of sp³-hybridized carbons (Fsp3) is 0.167. The van der Waals surface area contributed by atoms with Crippen molar-refractivity contribution in [1.29, 1.82) is 0 Å². The second kappa shape index (κ2) is 6.97. The van der Waals surface area contributed by atoms with Crippen molar-refractivity contribution in [2.75, 3.05) is 5.32 Å². The molecule has 0 radical (unpaired) electrons. The third-order valence-corrected chi connectivity index (χ3v) is 4.89. The Hall–Kier alpha value is -3.40. The van der Waals surface area contributed by atoms with Crippen LogP contribution in [0.1, 0.15) is 18.4 Å². The number of amides is 1. The summed E-state index contributed by atoms with van der Waals surface area (Å²) in [5.74, 6) is -2.26. The maximum absolute atomic E-state index is 13.1. The van der Waals surface area contributed by atoms with E-state index in [0.717, 1.165) is 11.7 Å². The van der Waals surface area contributed by atoms with Crippen LogP contribution in [0.15, 0.2) is 47.6 Å². The van der Waals surface area contributed by atoms with E-state index >= 15 is 0 Å². The van der Waals surface area contributed by atoms with Crippen molar-refractivity contribution in [3.05, 3.63) is 53.8 Å². The number of anilines is 1. The molecule has 10 heteroatoms. The van der Waals surface area contributed by atoms with E-state index in [4.69, 9.17) is 4.84 Å². The largest absolute Gasteiger partial charge is 0.478 e. The smallest absolute Gasteiger partial charge is 0.351 e. The Bertz CT molecular complexity index is 1100. The number of rotatable bonds is 5. The highest BCUT2D eigenvalue weighted by Crippen LogP contribution is 2.31. The van der Waals surface area contributed by atoms with Gasteiger partial charge in [0.2, 0.25) is 11.5 Å². The molecule has 0 unspecified atom stereocenters. The van der Waals surface area contributed by atoms with Gasteiger partial charge in [-0.05, 0) is 35.9 Å². The molecule has 1 aliphatic heterocycles. The summed E-state index contributed by atoms with van der Waals surface area (Å²) in [4.78, 5) is 29.5. The molecule has 28 heavy (non-hydrogen) atoms. The molecular formula is C18H13FN4O4S. The van der Waals surface area contributed by atoms with Crippen molar-refractivity contribution in [3.63, 3.8) is 0 Å². The molecule has 1 atom stereocenters. The molecule has 8 nitrogen and oxygen atoms in total. The number of hydrogen-bond donors (Lipinski definition) is 2. The van der Waals surface area contributed by atoms with Crippen molar-refractivity contribution in [2.45, 2.75) is 18.4 Å². The van der Waals surface area contributed by atoms with Crippen molar-refractivity contribution in [3.8, 4) is 0 Å². The van der Waals surface area contributed by atoms with Crippen LogP contribution in [-0.4, -0.2) is 37.0 Å². The van der Waals surface area contributed by atoms with E-state index in [1.165, 1.54) is 24.3 Å². The van der Waals surface area contributed by atoms with E-state index in [1.54, 1.807) is 18.2 Å². The summed E-state index contributed by atoms with van der Waals surface area (Å²) >= 11 is 1.06. The molecule has 0 saturated carbocycles. The molecule has 2 heterocycles. The summed E-state index contributed by atoms with van der Waals surface area (Å²) in [6.45, 7) is 0. The Labute approximate surface area is 162 Å². The molecule has 0 spiro atoms. The third kappa shape index (κ3) is 3.41. The first-order valence-electron chi connectivity index (χ1n) is 8.22. The quantitative estimate of drug-likeness (QED) is 0.681. The molecular weight excluding hydrogens is 387 g/mol. The lowest BCUT2D eigenvalue weighted by atomic mass is 9.90. The molecule has 142 valence electrons. The number of aliphatic carboxylic acids is 1. The van der Waals surface area contributed by atoms with Crippen molar-refractivity contribution >= 4 is 46.0 Å². The van der Waals surface area contributed by atoms with E-state index < -0.39 is 29.7 Å². The van der Waals surface area contributed by atoms with Gasteiger partial charge in [-0.3, -0.25) is 4.79 Å². The lowest BCUT2D eigenvalue weighted by Gasteiger charge is -2.21. The topological polar surface area (TPSA) is 114 Å². The van der Waals surface area contributed by atoms with Gasteiger partial charge in [0.25, 0.3) is 0 Å². The number of carboxylic acids is 1. The van der Waals surface area contributed by atoms with Crippen LogP contribution in [0.2, 0.25) is 0 Å². The SMILES string of the molecule is O=C(C[C@@]1(C(=O)O)CC(c2ccc(F)cc2)=NO1)Nc1ccc2nsnc2c1. The van der Waals surface area contributed by atoms with E-state index in [1.807, 2.05) is 0 Å². The van der Waals surface area contributed by atoms with Gasteiger partial charge in [-0.15, -0.1) is 0 Å². The van der Waals surface area contributed by atoms with Crippen molar-refractivity contribution < 1.29 is 23.9 Å². The van der Waals surface area contributed by atoms with Crippen LogP contribution in [0.5, 0.6) is 0 Å². The number of fused-ring (bicyclic) bond motifs is 1. The Morgan fingerprint density at radius 3 is 2.68 bits per heavy atom. The fourth-order valence-corrected chi connectivity index (χ4v) is 3.40. The van der Waals surface area contributed by atoms with E-state index in [9.17, 15) is 19.1 Å². The summed E-state index contributed by atoms with van der Waals surface area (Å²) in [5, 5.41) is 16.1. The standard InChI is InChI=1S/C18H13FN4O4S/c19-11-3-1-10(2-4-11)15-8-18(17(25)26,27-21-15)9-16(24)20-12-5-6-13-14(7-12)23-28-22-13/h1-7H,8-9H2,(H,20,24)(H,25,26)/t18-/m1/s1. The van der Waals surface area contributed by atoms with Gasteiger partial charge in [0.15, 0.2) is 0 Å². The third-order valence-electron chi connectivity index (χ3n) is 4.33. The lowest BCUT2D eigenvalue weighted by molar-refractivity contribution is -0.165. The first-order chi connectivity index (χ1) is 13.4. The van der Waals surface area contributed by atoms with Gasteiger partial charge < -0.3 is 15.3 Å². The molecule has 0 saturated heterocycles. The molecule has 2 aromatic carbocycles. The number of benzene rings is 2. The predicted molar refractivity (Wildman–Crippen MR) is 99.7 cm³/mol. The number of carbonyl (C=O) groups is 2. The van der Waals surface area contributed by atoms with E-state index in [0.29, 0.717) is 28.0 Å². The number of nitrogens with one attached hydrogen (secondary N) is 1. The minimum atomic E-state index is -1.82. The highest BCUT2D eigenvalue weighted by Gasteiger charge is 2.49. The number of aromatic nitrogens is 2. The van der Waals surface area contributed by atoms with Gasteiger partial charge >= 0.3 is 5.97 Å². The lowest BCUT2D eigenvalue weighted by Crippen LogP contribution is -2.42. The second-order valence-corrected chi connectivity index (χ2v) is 6.83. The van der Waals surface area contributed by atoms with Gasteiger partial charge in [-0.1, -0.05) is 17.3 Å². The molecule has 1 aromatic heterocycles. The number of carbonyl (C=O) groups excluding carboxylic acids is 1. The van der Waals surface area contributed by atoms with Crippen LogP contribution in [0.4, 0.5) is 10.1 Å². The van der Waals surface area contributed by atoms with Crippen LogP contribution in [0, 0.1) is 5.82 Å². The maximum atomic E-state index is 13.1. The minimum Gasteiger partial charge on any atom is -0.478 e. The molecule has 4 rings (SSSR count). The summed E-state index contributed by atoms with van der Waals surface area (Å²) in [6, 6.07) is 10.5. The summed E-state index contributed by atoms with van der Waals surface area (Å²) in [5.41, 5.74) is 0.872. The Morgan fingerprint density at radius 1 is 1.18 bits per heavy atom. The van der Waals surface area contributed by atoms with Crippen molar-refractivity contribution in [2.24, 2.45) is 5.16 Å². The number of carboxylic acid groups (broad SMARTS) is 1. The second-order valence-electron chi connectivity index (χ2n) is 6.31. The van der Waals surface area contributed by atoms with Gasteiger partial charge in [0, 0.05) is 12.1 Å². The van der Waals surface area contributed by atoms with Crippen LogP contribution >= 0.6 is 11.7 Å². The van der Waals surface area contributed by atoms with Gasteiger partial charge in [-0.25, -0.2) is 9.18 Å². The van der Waals surface area contributed by atoms with Crippen LogP contribution < -0.4 is 5.32 Å². The van der Waals surface area contributed by atoms with E-state index in [-0.39, 0.29) is 6.42 Å². The summed E-state index contributed by atoms with van der Waals surface area (Å²) < 4.78 is 21.3. The first-order valence-corrected chi connectivity index (χ1v) is 8.95. The van der Waals surface area contributed by atoms with Crippen LogP contribution in [0.25, 0.3) is 11.0 Å². The monoisotopic (exact) mass is 400 g/mol. The summed E-state index contributed by atoms with van der Waals surface area (Å²) in [7, 11) is 0. The molecule has 2 N–H and O–H groups in total. The molecule has 1 amide bonds. The number of oxime groups is 1. The Balaban J connectivity index is 1.48. The zero-order chi connectivity index (χ0) is 19.7. The normalized spacial score (nSPS) is 18.5. The number of halogens is 1. The van der Waals surface area contributed by atoms with Crippen molar-refractivity contribution in [1.82, 2.24) is 8.75 Å². The molecule has 0 fully saturated rings. The molecule has 3 aromatic rings. The Morgan fingerprint density at radius 2 is 1.93 bits per heavy atom. The molecule has 0 aliphatic carbocycles. The number of hydrogen-bond acceptors (Lipinski definition) is 7. The van der Waals surface area contributed by atoms with Gasteiger partial charge in [0.1, 0.15) is 16.9 Å². The average molecular weight is 400 g/mol. The predicted octanol–water partition coefficient (Wildman–Crippen LogP) is 2.81. The minimum absolute atomic E-state index is 0.115. The summed E-state index contributed by atoms with van der Waals surface area (Å²) in [6.07, 6.45) is -0.555. The zero-order valence-corrected chi connectivity index (χ0v) is 15.1. The highest BCUT2D eigenvalue weighted by atomic mass is 32.1. The maximum Gasteiger partial charge on any atom is 0.351 e. The fourth-order valence-electron chi connectivity index (χ4n) is 2.88. The average Bonchev–Trinajstić information content (AvgIpc) is 3.29.